The molecule has 0 spiro atoms. The van der Waals surface area contributed by atoms with Crippen molar-refractivity contribution in [3.8, 4) is 5.88 Å². The highest BCUT2D eigenvalue weighted by atomic mass is 32.2. The Morgan fingerprint density at radius 3 is 2.23 bits per heavy atom. The van der Waals surface area contributed by atoms with Crippen LogP contribution < -0.4 is 10.1 Å². The minimum atomic E-state index is -1.54. The second-order valence-electron chi connectivity index (χ2n) is 10.8. The zero-order valence-corrected chi connectivity index (χ0v) is 24.3. The summed E-state index contributed by atoms with van der Waals surface area (Å²) in [5.74, 6) is 0.0131. The van der Waals surface area contributed by atoms with Gasteiger partial charge in [-0.2, -0.15) is 4.90 Å². The molecule has 2 aromatic rings. The van der Waals surface area contributed by atoms with Crippen LogP contribution in [0, 0.1) is 0 Å². The second-order valence-corrected chi connectivity index (χ2v) is 11.8. The van der Waals surface area contributed by atoms with Gasteiger partial charge in [-0.15, -0.1) is 0 Å². The lowest BCUT2D eigenvalue weighted by molar-refractivity contribution is 0.0150. The molecule has 216 valence electrons. The lowest BCUT2D eigenvalue weighted by Crippen LogP contribution is -2.48. The Kier molecular flexibility index (Phi) is 9.33. The van der Waals surface area contributed by atoms with Crippen molar-refractivity contribution in [3.05, 3.63) is 42.1 Å². The summed E-state index contributed by atoms with van der Waals surface area (Å²) in [6, 6.07) is 3.01. The van der Waals surface area contributed by atoms with Crippen LogP contribution in [0.25, 0.3) is 0 Å². The number of carbonyl (C=O) groups excluding carboxylic acids is 3. The number of amidine groups is 1. The molecular weight excluding hydrogens is 543 g/mol. The molecule has 0 aliphatic carbocycles. The van der Waals surface area contributed by atoms with E-state index < -0.39 is 41.5 Å². The molecule has 1 atom stereocenters. The Hall–Kier alpha value is -3.81. The van der Waals surface area contributed by atoms with Gasteiger partial charge in [0.15, 0.2) is 5.17 Å². The number of aliphatic imine (C=N–C) groups is 1. The normalized spacial score (nSPS) is 17.4. The number of pyridine rings is 1. The first-order valence-electron chi connectivity index (χ1n) is 12.3. The number of hydrogen-bond acceptors (Lipinski definition) is 11. The van der Waals surface area contributed by atoms with Gasteiger partial charge in [0, 0.05) is 17.6 Å². The fourth-order valence-electron chi connectivity index (χ4n) is 3.39. The SMILES string of the molecule is COc1cnc(C(=O)Nc2ccnc([C@]3(CF)CCSC(N(C(=O)OC(C)(C)C)C(=O)OC(C)(C)C)=N3)c2)cn1. The molecule has 40 heavy (non-hydrogen) atoms. The molecule has 12 nitrogen and oxygen atoms in total. The van der Waals surface area contributed by atoms with Crippen molar-refractivity contribution in [1.29, 1.82) is 0 Å². The smallest absolute Gasteiger partial charge is 0.426 e. The average Bonchev–Trinajstić information content (AvgIpc) is 2.87. The number of carbonyl (C=O) groups is 3. The number of nitrogens with zero attached hydrogens (tertiary/aromatic N) is 5. The summed E-state index contributed by atoms with van der Waals surface area (Å²) in [6.45, 7) is 8.94. The van der Waals surface area contributed by atoms with Crippen LogP contribution in [-0.4, -0.2) is 73.9 Å². The Bertz CT molecular complexity index is 1250. The summed E-state index contributed by atoms with van der Waals surface area (Å²) in [6.07, 6.45) is 2.17. The minimum Gasteiger partial charge on any atom is -0.480 e. The summed E-state index contributed by atoms with van der Waals surface area (Å²) >= 11 is 1.09. The molecule has 0 unspecified atom stereocenters. The van der Waals surface area contributed by atoms with Crippen LogP contribution in [0.4, 0.5) is 19.7 Å². The fourth-order valence-corrected chi connectivity index (χ4v) is 4.53. The third-order valence-electron chi connectivity index (χ3n) is 5.19. The van der Waals surface area contributed by atoms with Crippen LogP contribution in [0.15, 0.2) is 35.7 Å². The molecule has 1 N–H and O–H groups in total. The standard InChI is InChI=1S/C26H33FN6O6S/c1-24(2,3)38-22(35)33(23(36)39-25(4,5)6)21-32-26(15-27,9-11-40-21)18-12-16(8-10-28-18)31-20(34)17-13-30-19(37-7)14-29-17/h8,10,12-14H,9,11,15H2,1-7H3,(H,28,31,34)/t26-/m1/s1. The van der Waals surface area contributed by atoms with Crippen LogP contribution in [0.1, 0.15) is 64.1 Å². The van der Waals surface area contributed by atoms with E-state index in [4.69, 9.17) is 14.2 Å². The summed E-state index contributed by atoms with van der Waals surface area (Å²) in [7, 11) is 1.43. The zero-order chi connectivity index (χ0) is 29.7. The van der Waals surface area contributed by atoms with E-state index in [2.05, 4.69) is 25.3 Å². The highest BCUT2D eigenvalue weighted by Gasteiger charge is 2.42. The minimum absolute atomic E-state index is 0.0408. The number of nitrogens with one attached hydrogen (secondary N) is 1. The van der Waals surface area contributed by atoms with Crippen molar-refractivity contribution in [1.82, 2.24) is 19.9 Å². The summed E-state index contributed by atoms with van der Waals surface area (Å²) < 4.78 is 30.6. The van der Waals surface area contributed by atoms with Crippen molar-refractivity contribution in [2.45, 2.75) is 64.7 Å². The quantitative estimate of drug-likeness (QED) is 0.518. The van der Waals surface area contributed by atoms with E-state index in [1.165, 1.54) is 37.8 Å². The molecule has 1 aliphatic heterocycles. The number of halogens is 1. The third-order valence-corrected chi connectivity index (χ3v) is 6.13. The zero-order valence-electron chi connectivity index (χ0n) is 23.5. The Balaban J connectivity index is 1.96. The summed E-state index contributed by atoms with van der Waals surface area (Å²) in [5, 5.41) is 2.60. The molecule has 0 fully saturated rings. The van der Waals surface area contributed by atoms with Crippen LogP contribution in [0.2, 0.25) is 0 Å². The number of amides is 3. The molecular formula is C26H33FN6O6S. The van der Waals surface area contributed by atoms with Crippen molar-refractivity contribution in [2.75, 3.05) is 24.9 Å². The highest BCUT2D eigenvalue weighted by Crippen LogP contribution is 2.38. The second kappa shape index (κ2) is 12.1. The number of alkyl halides is 1. The molecule has 2 aromatic heterocycles. The Labute approximate surface area is 236 Å². The van der Waals surface area contributed by atoms with Gasteiger partial charge in [0.05, 0.1) is 25.2 Å². The van der Waals surface area contributed by atoms with Gasteiger partial charge in [-0.25, -0.2) is 28.9 Å². The number of thioether (sulfide) groups is 1. The van der Waals surface area contributed by atoms with Gasteiger partial charge in [0.1, 0.15) is 29.1 Å². The molecule has 0 bridgehead atoms. The van der Waals surface area contributed by atoms with E-state index in [0.29, 0.717) is 16.3 Å². The lowest BCUT2D eigenvalue weighted by Gasteiger charge is -2.34. The molecule has 3 rings (SSSR count). The monoisotopic (exact) mass is 576 g/mol. The lowest BCUT2D eigenvalue weighted by atomic mass is 9.93. The maximum atomic E-state index is 14.8. The molecule has 0 aromatic carbocycles. The Morgan fingerprint density at radius 2 is 1.70 bits per heavy atom. The van der Waals surface area contributed by atoms with Crippen LogP contribution >= 0.6 is 11.8 Å². The first-order valence-corrected chi connectivity index (χ1v) is 13.3. The molecule has 14 heteroatoms. The van der Waals surface area contributed by atoms with E-state index >= 15 is 0 Å². The van der Waals surface area contributed by atoms with E-state index in [1.807, 2.05) is 0 Å². The fraction of sp³-hybridized carbons (Fsp3) is 0.500. The number of imide groups is 1. The van der Waals surface area contributed by atoms with Crippen molar-refractivity contribution >= 4 is 40.7 Å². The van der Waals surface area contributed by atoms with Gasteiger partial charge in [-0.1, -0.05) is 11.8 Å². The van der Waals surface area contributed by atoms with Crippen molar-refractivity contribution in [2.24, 2.45) is 4.99 Å². The van der Waals surface area contributed by atoms with Gasteiger partial charge in [-0.3, -0.25) is 9.78 Å². The molecule has 0 saturated carbocycles. The maximum Gasteiger partial charge on any atom is 0.426 e. The number of ether oxygens (including phenoxy) is 3. The van der Waals surface area contributed by atoms with Crippen LogP contribution in [-0.2, 0) is 15.0 Å². The van der Waals surface area contributed by atoms with E-state index in [9.17, 15) is 18.8 Å². The molecule has 0 saturated heterocycles. The van der Waals surface area contributed by atoms with Gasteiger partial charge >= 0.3 is 12.2 Å². The van der Waals surface area contributed by atoms with E-state index in [1.54, 1.807) is 41.5 Å². The van der Waals surface area contributed by atoms with Crippen LogP contribution in [0.5, 0.6) is 5.88 Å². The number of methoxy groups -OCH3 is 1. The highest BCUT2D eigenvalue weighted by molar-refractivity contribution is 8.13. The van der Waals surface area contributed by atoms with Crippen LogP contribution in [0.3, 0.4) is 0 Å². The van der Waals surface area contributed by atoms with E-state index in [-0.39, 0.29) is 28.9 Å². The average molecular weight is 577 g/mol. The molecule has 0 radical (unpaired) electrons. The Morgan fingerprint density at radius 1 is 1.05 bits per heavy atom. The number of hydrogen-bond donors (Lipinski definition) is 1. The first-order chi connectivity index (χ1) is 18.7. The predicted octanol–water partition coefficient (Wildman–Crippen LogP) is 4.96. The molecule has 3 amide bonds. The predicted molar refractivity (Wildman–Crippen MR) is 147 cm³/mol. The maximum absolute atomic E-state index is 14.8. The summed E-state index contributed by atoms with van der Waals surface area (Å²) in [5.41, 5.74) is -2.83. The molecule has 1 aliphatic rings. The van der Waals surface area contributed by atoms with Gasteiger partial charge in [-0.05, 0) is 60.1 Å². The van der Waals surface area contributed by atoms with E-state index in [0.717, 1.165) is 11.8 Å². The topological polar surface area (TPSA) is 145 Å². The number of aromatic nitrogens is 3. The van der Waals surface area contributed by atoms with Gasteiger partial charge in [0.25, 0.3) is 5.91 Å². The summed E-state index contributed by atoms with van der Waals surface area (Å²) in [4.78, 5) is 56.4. The van der Waals surface area contributed by atoms with Crippen molar-refractivity contribution in [3.63, 3.8) is 0 Å². The number of anilines is 1. The number of rotatable bonds is 5. The van der Waals surface area contributed by atoms with Gasteiger partial charge < -0.3 is 19.5 Å². The third kappa shape index (κ3) is 7.87. The van der Waals surface area contributed by atoms with Crippen molar-refractivity contribution < 1.29 is 33.0 Å². The largest absolute Gasteiger partial charge is 0.480 e. The van der Waals surface area contributed by atoms with Gasteiger partial charge in [0.2, 0.25) is 5.88 Å². The first kappa shape index (κ1) is 30.7. The molecule has 3 heterocycles.